The van der Waals surface area contributed by atoms with Gasteiger partial charge < -0.3 is 11.1 Å². The predicted molar refractivity (Wildman–Crippen MR) is 93.6 cm³/mol. The molecule has 0 unspecified atom stereocenters. The molecule has 0 saturated carbocycles. The first-order chi connectivity index (χ1) is 9.13. The zero-order chi connectivity index (χ0) is 13.7. The summed E-state index contributed by atoms with van der Waals surface area (Å²) in [7, 11) is 1.90. The van der Waals surface area contributed by atoms with Crippen LogP contribution in [0.5, 0.6) is 0 Å². The normalized spacial score (nSPS) is 11.0. The zero-order valence-corrected chi connectivity index (χ0v) is 14.0. The molecule has 0 aliphatic rings. The summed E-state index contributed by atoms with van der Waals surface area (Å²) in [6, 6.07) is 8.04. The summed E-state index contributed by atoms with van der Waals surface area (Å²) in [6.45, 7) is 2.70. The number of aromatic nitrogens is 2. The summed E-state index contributed by atoms with van der Waals surface area (Å²) in [5, 5.41) is 7.18. The number of hydrogen-bond donors (Lipinski definition) is 2. The van der Waals surface area contributed by atoms with Crippen molar-refractivity contribution in [3.8, 4) is 0 Å². The van der Waals surface area contributed by atoms with Gasteiger partial charge in [-0.15, -0.1) is 24.0 Å². The SMILES string of the molecule is Cc1ccc(NC(N)=NCCc2cnn(C)c2)cc1.I. The Morgan fingerprint density at radius 2 is 2.05 bits per heavy atom. The van der Waals surface area contributed by atoms with Crippen LogP contribution in [-0.2, 0) is 13.5 Å². The van der Waals surface area contributed by atoms with Gasteiger partial charge in [-0.25, -0.2) is 0 Å². The Bertz CT molecular complexity index is 559. The van der Waals surface area contributed by atoms with Crippen molar-refractivity contribution in [2.24, 2.45) is 17.8 Å². The molecule has 0 amide bonds. The van der Waals surface area contributed by atoms with Gasteiger partial charge in [-0.2, -0.15) is 5.10 Å². The molecule has 0 atom stereocenters. The van der Waals surface area contributed by atoms with E-state index in [4.69, 9.17) is 5.73 Å². The molecule has 1 aromatic carbocycles. The second kappa shape index (κ2) is 7.88. The van der Waals surface area contributed by atoms with Gasteiger partial charge in [0.1, 0.15) is 0 Å². The lowest BCUT2D eigenvalue weighted by atomic mass is 10.2. The van der Waals surface area contributed by atoms with E-state index in [1.165, 1.54) is 5.56 Å². The third-order valence-corrected chi connectivity index (χ3v) is 2.76. The number of aliphatic imine (C=N–C) groups is 1. The highest BCUT2D eigenvalue weighted by Gasteiger charge is 1.97. The van der Waals surface area contributed by atoms with E-state index in [-0.39, 0.29) is 24.0 Å². The molecule has 20 heavy (non-hydrogen) atoms. The first kappa shape index (κ1) is 16.5. The smallest absolute Gasteiger partial charge is 0.193 e. The number of halogens is 1. The van der Waals surface area contributed by atoms with Crippen LogP contribution >= 0.6 is 24.0 Å². The Morgan fingerprint density at radius 3 is 2.65 bits per heavy atom. The van der Waals surface area contributed by atoms with Gasteiger partial charge >= 0.3 is 0 Å². The molecule has 2 rings (SSSR count). The van der Waals surface area contributed by atoms with E-state index >= 15 is 0 Å². The largest absolute Gasteiger partial charge is 0.370 e. The highest BCUT2D eigenvalue weighted by Crippen LogP contribution is 2.07. The van der Waals surface area contributed by atoms with Gasteiger partial charge in [-0.3, -0.25) is 9.67 Å². The fourth-order valence-electron chi connectivity index (χ4n) is 1.73. The average Bonchev–Trinajstić information content (AvgIpc) is 2.78. The van der Waals surface area contributed by atoms with E-state index in [0.717, 1.165) is 17.7 Å². The zero-order valence-electron chi connectivity index (χ0n) is 11.7. The summed E-state index contributed by atoms with van der Waals surface area (Å²) in [6.07, 6.45) is 4.67. The van der Waals surface area contributed by atoms with Crippen LogP contribution in [-0.4, -0.2) is 22.3 Å². The summed E-state index contributed by atoms with van der Waals surface area (Å²) in [5.41, 5.74) is 9.16. The minimum atomic E-state index is 0. The molecule has 108 valence electrons. The van der Waals surface area contributed by atoms with Crippen LogP contribution < -0.4 is 11.1 Å². The maximum Gasteiger partial charge on any atom is 0.193 e. The summed E-state index contributed by atoms with van der Waals surface area (Å²) in [4.78, 5) is 4.29. The second-order valence-corrected chi connectivity index (χ2v) is 4.53. The Morgan fingerprint density at radius 1 is 1.35 bits per heavy atom. The number of aryl methyl sites for hydroxylation is 2. The fraction of sp³-hybridized carbons (Fsp3) is 0.286. The number of nitrogens with zero attached hydrogens (tertiary/aromatic N) is 3. The molecule has 0 spiro atoms. The van der Waals surface area contributed by atoms with Crippen LogP contribution in [0, 0.1) is 6.92 Å². The lowest BCUT2D eigenvalue weighted by molar-refractivity contribution is 0.766. The molecular formula is C14H20IN5. The minimum Gasteiger partial charge on any atom is -0.370 e. The van der Waals surface area contributed by atoms with Crippen molar-refractivity contribution >= 4 is 35.6 Å². The van der Waals surface area contributed by atoms with Gasteiger partial charge in [-0.05, 0) is 31.0 Å². The van der Waals surface area contributed by atoms with E-state index < -0.39 is 0 Å². The molecule has 0 fully saturated rings. The fourth-order valence-corrected chi connectivity index (χ4v) is 1.73. The van der Waals surface area contributed by atoms with E-state index in [1.807, 2.05) is 43.7 Å². The average molecular weight is 385 g/mol. The summed E-state index contributed by atoms with van der Waals surface area (Å²) in [5.74, 6) is 0.438. The molecule has 3 N–H and O–H groups in total. The molecule has 0 radical (unpaired) electrons. The maximum atomic E-state index is 5.83. The molecule has 2 aromatic rings. The van der Waals surface area contributed by atoms with Crippen LogP contribution in [0.3, 0.4) is 0 Å². The molecule has 0 aliphatic heterocycles. The third kappa shape index (κ3) is 5.20. The highest BCUT2D eigenvalue weighted by molar-refractivity contribution is 14.0. The topological polar surface area (TPSA) is 68.2 Å². The van der Waals surface area contributed by atoms with Crippen molar-refractivity contribution in [2.45, 2.75) is 13.3 Å². The number of nitrogens with one attached hydrogen (secondary N) is 1. The Labute approximate surface area is 136 Å². The number of anilines is 1. The van der Waals surface area contributed by atoms with Crippen LogP contribution in [0.1, 0.15) is 11.1 Å². The number of rotatable bonds is 4. The number of nitrogens with two attached hydrogens (primary N) is 1. The molecule has 1 heterocycles. The molecular weight excluding hydrogens is 365 g/mol. The summed E-state index contributed by atoms with van der Waals surface area (Å²) < 4.78 is 1.78. The van der Waals surface area contributed by atoms with Gasteiger partial charge in [0.05, 0.1) is 6.20 Å². The van der Waals surface area contributed by atoms with Crippen molar-refractivity contribution in [2.75, 3.05) is 11.9 Å². The van der Waals surface area contributed by atoms with Crippen LogP contribution in [0.15, 0.2) is 41.7 Å². The van der Waals surface area contributed by atoms with E-state index in [9.17, 15) is 0 Å². The first-order valence-electron chi connectivity index (χ1n) is 6.24. The number of guanidine groups is 1. The third-order valence-electron chi connectivity index (χ3n) is 2.76. The van der Waals surface area contributed by atoms with Gasteiger partial charge in [-0.1, -0.05) is 17.7 Å². The Kier molecular flexibility index (Phi) is 6.50. The molecule has 0 aliphatic carbocycles. The molecule has 0 saturated heterocycles. The van der Waals surface area contributed by atoms with Crippen LogP contribution in [0.25, 0.3) is 0 Å². The quantitative estimate of drug-likeness (QED) is 0.482. The van der Waals surface area contributed by atoms with Gasteiger partial charge in [0, 0.05) is 25.5 Å². The monoisotopic (exact) mass is 385 g/mol. The van der Waals surface area contributed by atoms with Crippen LogP contribution in [0.2, 0.25) is 0 Å². The molecule has 6 heteroatoms. The first-order valence-corrected chi connectivity index (χ1v) is 6.24. The standard InChI is InChI=1S/C14H19N5.HI/c1-11-3-5-13(6-4-11)18-14(15)16-8-7-12-9-17-19(2)10-12;/h3-6,9-10H,7-8H2,1-2H3,(H3,15,16,18);1H. The van der Waals surface area contributed by atoms with E-state index in [0.29, 0.717) is 12.5 Å². The molecule has 5 nitrogen and oxygen atoms in total. The Balaban J connectivity index is 0.00000200. The number of benzene rings is 1. The highest BCUT2D eigenvalue weighted by atomic mass is 127. The Hall–Kier alpha value is -1.57. The van der Waals surface area contributed by atoms with Crippen molar-refractivity contribution in [1.82, 2.24) is 9.78 Å². The lowest BCUT2D eigenvalue weighted by Gasteiger charge is -2.05. The molecule has 1 aromatic heterocycles. The maximum absolute atomic E-state index is 5.83. The molecule has 0 bridgehead atoms. The van der Waals surface area contributed by atoms with Crippen molar-refractivity contribution in [1.29, 1.82) is 0 Å². The van der Waals surface area contributed by atoms with E-state index in [2.05, 4.69) is 22.3 Å². The van der Waals surface area contributed by atoms with Gasteiger partial charge in [0.2, 0.25) is 0 Å². The van der Waals surface area contributed by atoms with Crippen LogP contribution in [0.4, 0.5) is 5.69 Å². The van der Waals surface area contributed by atoms with Gasteiger partial charge in [0.25, 0.3) is 0 Å². The minimum absolute atomic E-state index is 0. The van der Waals surface area contributed by atoms with Crippen molar-refractivity contribution in [3.63, 3.8) is 0 Å². The van der Waals surface area contributed by atoms with E-state index in [1.54, 1.807) is 4.68 Å². The lowest BCUT2D eigenvalue weighted by Crippen LogP contribution is -2.23. The van der Waals surface area contributed by atoms with Crippen molar-refractivity contribution in [3.05, 3.63) is 47.8 Å². The van der Waals surface area contributed by atoms with Crippen molar-refractivity contribution < 1.29 is 0 Å². The predicted octanol–water partition coefficient (Wildman–Crippen LogP) is 2.32. The van der Waals surface area contributed by atoms with Gasteiger partial charge in [0.15, 0.2) is 5.96 Å². The second-order valence-electron chi connectivity index (χ2n) is 4.53. The number of hydrogen-bond acceptors (Lipinski definition) is 2. The summed E-state index contributed by atoms with van der Waals surface area (Å²) >= 11 is 0.